The van der Waals surface area contributed by atoms with Gasteiger partial charge >= 0.3 is 5.97 Å². The summed E-state index contributed by atoms with van der Waals surface area (Å²) in [7, 11) is 0. The van der Waals surface area contributed by atoms with Crippen LogP contribution < -0.4 is 0 Å². The van der Waals surface area contributed by atoms with Gasteiger partial charge in [-0.1, -0.05) is 6.08 Å². The molecule has 3 atom stereocenters. The van der Waals surface area contributed by atoms with Gasteiger partial charge < -0.3 is 5.11 Å². The molecule has 3 heteroatoms. The fourth-order valence-electron chi connectivity index (χ4n) is 2.46. The molecule has 0 spiro atoms. The first-order chi connectivity index (χ1) is 5.74. The molecule has 3 aliphatic rings. The topological polar surface area (TPSA) is 40.5 Å². The zero-order valence-electron chi connectivity index (χ0n) is 6.94. The maximum atomic E-state index is 10.7. The molecular formula is C9H13NO2. The van der Waals surface area contributed by atoms with Gasteiger partial charge in [0, 0.05) is 19.1 Å². The predicted molar refractivity (Wildman–Crippen MR) is 44.8 cm³/mol. The van der Waals surface area contributed by atoms with Crippen LogP contribution in [0.1, 0.15) is 6.42 Å². The van der Waals surface area contributed by atoms with E-state index in [2.05, 4.69) is 11.5 Å². The molecule has 12 heavy (non-hydrogen) atoms. The quantitative estimate of drug-likeness (QED) is 0.625. The minimum Gasteiger partial charge on any atom is -0.481 e. The number of aliphatic carboxylic acids is 1. The zero-order chi connectivity index (χ0) is 8.72. The van der Waals surface area contributed by atoms with Gasteiger partial charge in [-0.15, -0.1) is 6.58 Å². The van der Waals surface area contributed by atoms with Crippen LogP contribution in [0.3, 0.4) is 0 Å². The van der Waals surface area contributed by atoms with Crippen molar-refractivity contribution in [3.8, 4) is 0 Å². The number of carboxylic acids is 1. The Labute approximate surface area is 71.7 Å². The molecule has 2 aliphatic heterocycles. The van der Waals surface area contributed by atoms with E-state index >= 15 is 0 Å². The number of carboxylic acid groups (broad SMARTS) is 1. The summed E-state index contributed by atoms with van der Waals surface area (Å²) in [5.74, 6) is -0.305. The third-order valence-electron chi connectivity index (χ3n) is 3.05. The molecule has 0 radical (unpaired) electrons. The van der Waals surface area contributed by atoms with Crippen LogP contribution >= 0.6 is 0 Å². The molecule has 3 rings (SSSR count). The highest BCUT2D eigenvalue weighted by molar-refractivity contribution is 5.73. The summed E-state index contributed by atoms with van der Waals surface area (Å²) in [5, 5.41) is 8.85. The lowest BCUT2D eigenvalue weighted by atomic mass is 9.74. The second kappa shape index (κ2) is 2.59. The Morgan fingerprint density at radius 3 is 3.00 bits per heavy atom. The zero-order valence-corrected chi connectivity index (χ0v) is 6.94. The van der Waals surface area contributed by atoms with Crippen molar-refractivity contribution in [3.63, 3.8) is 0 Å². The molecule has 1 N–H and O–H groups in total. The molecule has 0 aromatic carbocycles. The maximum Gasteiger partial charge on any atom is 0.308 e. The summed E-state index contributed by atoms with van der Waals surface area (Å²) in [5.41, 5.74) is 0. The SMILES string of the molecule is C=CCN1CC2CC1C2C(=O)O. The number of carbonyl (C=O) groups is 1. The molecule has 1 saturated carbocycles. The Bertz CT molecular complexity index is 227. The lowest BCUT2D eigenvalue weighted by molar-refractivity contribution is -0.147. The van der Waals surface area contributed by atoms with E-state index in [0.29, 0.717) is 12.0 Å². The van der Waals surface area contributed by atoms with Gasteiger partial charge in [0.05, 0.1) is 5.92 Å². The van der Waals surface area contributed by atoms with Crippen molar-refractivity contribution in [2.45, 2.75) is 12.5 Å². The molecular weight excluding hydrogens is 154 g/mol. The van der Waals surface area contributed by atoms with Crippen LogP contribution in [0.4, 0.5) is 0 Å². The summed E-state index contributed by atoms with van der Waals surface area (Å²) in [4.78, 5) is 13.0. The van der Waals surface area contributed by atoms with Crippen LogP contribution in [-0.4, -0.2) is 35.1 Å². The van der Waals surface area contributed by atoms with Crippen LogP contribution in [0.15, 0.2) is 12.7 Å². The number of hydrogen-bond donors (Lipinski definition) is 1. The Hall–Kier alpha value is -0.830. The van der Waals surface area contributed by atoms with E-state index < -0.39 is 5.97 Å². The monoisotopic (exact) mass is 167 g/mol. The van der Waals surface area contributed by atoms with Crippen LogP contribution in [0, 0.1) is 11.8 Å². The highest BCUT2D eigenvalue weighted by Gasteiger charge is 2.54. The van der Waals surface area contributed by atoms with Crippen molar-refractivity contribution in [2.75, 3.05) is 13.1 Å². The first-order valence-corrected chi connectivity index (χ1v) is 4.31. The number of rotatable bonds is 3. The average molecular weight is 167 g/mol. The average Bonchev–Trinajstić information content (AvgIpc) is 2.42. The first-order valence-electron chi connectivity index (χ1n) is 4.31. The normalized spacial score (nSPS) is 39.2. The Morgan fingerprint density at radius 2 is 2.50 bits per heavy atom. The lowest BCUT2D eigenvalue weighted by Crippen LogP contribution is -2.43. The fourth-order valence-corrected chi connectivity index (χ4v) is 2.46. The summed E-state index contributed by atoms with van der Waals surface area (Å²) >= 11 is 0. The molecule has 3 nitrogen and oxygen atoms in total. The predicted octanol–water partition coefficient (Wildman–Crippen LogP) is 0.577. The van der Waals surface area contributed by atoms with Crippen LogP contribution in [0.2, 0.25) is 0 Å². The molecule has 0 aromatic heterocycles. The van der Waals surface area contributed by atoms with Gasteiger partial charge in [0.2, 0.25) is 0 Å². The van der Waals surface area contributed by atoms with E-state index in [-0.39, 0.29) is 5.92 Å². The third-order valence-corrected chi connectivity index (χ3v) is 3.05. The van der Waals surface area contributed by atoms with Crippen molar-refractivity contribution < 1.29 is 9.90 Å². The van der Waals surface area contributed by atoms with E-state index in [1.807, 2.05) is 6.08 Å². The van der Waals surface area contributed by atoms with E-state index in [4.69, 9.17) is 5.11 Å². The largest absolute Gasteiger partial charge is 0.481 e. The van der Waals surface area contributed by atoms with Crippen LogP contribution in [-0.2, 0) is 4.79 Å². The minimum absolute atomic E-state index is 0.0926. The summed E-state index contributed by atoms with van der Waals surface area (Å²) in [6.07, 6.45) is 2.92. The van der Waals surface area contributed by atoms with Crippen LogP contribution in [0.5, 0.6) is 0 Å². The van der Waals surface area contributed by atoms with E-state index in [1.54, 1.807) is 0 Å². The van der Waals surface area contributed by atoms with Gasteiger partial charge in [0.25, 0.3) is 0 Å². The molecule has 2 bridgehead atoms. The Kier molecular flexibility index (Phi) is 1.68. The smallest absolute Gasteiger partial charge is 0.308 e. The minimum atomic E-state index is -0.622. The van der Waals surface area contributed by atoms with Gasteiger partial charge in [-0.05, 0) is 12.3 Å². The molecule has 1 aliphatic carbocycles. The van der Waals surface area contributed by atoms with E-state index in [9.17, 15) is 4.79 Å². The highest BCUT2D eigenvalue weighted by atomic mass is 16.4. The van der Waals surface area contributed by atoms with Crippen molar-refractivity contribution in [1.29, 1.82) is 0 Å². The van der Waals surface area contributed by atoms with Gasteiger partial charge in [-0.2, -0.15) is 0 Å². The van der Waals surface area contributed by atoms with Crippen LogP contribution in [0.25, 0.3) is 0 Å². The Balaban J connectivity index is 2.01. The van der Waals surface area contributed by atoms with E-state index in [0.717, 1.165) is 19.5 Å². The number of fused-ring (bicyclic) bond motifs is 1. The van der Waals surface area contributed by atoms with Gasteiger partial charge in [0.15, 0.2) is 0 Å². The van der Waals surface area contributed by atoms with Crippen molar-refractivity contribution >= 4 is 5.97 Å². The molecule has 0 amide bonds. The molecule has 3 unspecified atom stereocenters. The molecule has 0 aromatic rings. The second-order valence-electron chi connectivity index (χ2n) is 3.67. The molecule has 3 fully saturated rings. The molecule has 66 valence electrons. The number of hydrogen-bond acceptors (Lipinski definition) is 2. The van der Waals surface area contributed by atoms with Gasteiger partial charge in [0.1, 0.15) is 0 Å². The van der Waals surface area contributed by atoms with Gasteiger partial charge in [-0.25, -0.2) is 0 Å². The van der Waals surface area contributed by atoms with Crippen molar-refractivity contribution in [3.05, 3.63) is 12.7 Å². The standard InChI is InChI=1S/C9H13NO2/c1-2-3-10-5-6-4-7(10)8(6)9(11)12/h2,6-8H,1,3-5H2,(H,11,12). The third kappa shape index (κ3) is 0.894. The summed E-state index contributed by atoms with van der Waals surface area (Å²) in [6, 6.07) is 0.297. The lowest BCUT2D eigenvalue weighted by Gasteiger charge is -2.33. The summed E-state index contributed by atoms with van der Waals surface area (Å²) < 4.78 is 0. The van der Waals surface area contributed by atoms with E-state index in [1.165, 1.54) is 0 Å². The van der Waals surface area contributed by atoms with Crippen molar-refractivity contribution in [1.82, 2.24) is 4.90 Å². The number of nitrogens with zero attached hydrogens (tertiary/aromatic N) is 1. The van der Waals surface area contributed by atoms with Crippen molar-refractivity contribution in [2.24, 2.45) is 11.8 Å². The fraction of sp³-hybridized carbons (Fsp3) is 0.667. The first kappa shape index (κ1) is 7.80. The molecule has 2 saturated heterocycles. The molecule has 2 heterocycles. The summed E-state index contributed by atoms with van der Waals surface area (Å²) in [6.45, 7) is 5.45. The highest BCUT2D eigenvalue weighted by Crippen LogP contribution is 2.46. The Morgan fingerprint density at radius 1 is 1.75 bits per heavy atom. The maximum absolute atomic E-state index is 10.7. The van der Waals surface area contributed by atoms with Gasteiger partial charge in [-0.3, -0.25) is 9.69 Å². The second-order valence-corrected chi connectivity index (χ2v) is 3.67.